The normalized spacial score (nSPS) is 13.4. The third-order valence-electron chi connectivity index (χ3n) is 10.6. The van der Waals surface area contributed by atoms with E-state index in [0.29, 0.717) is 0 Å². The van der Waals surface area contributed by atoms with Gasteiger partial charge in [-0.1, -0.05) is 159 Å². The van der Waals surface area contributed by atoms with Crippen molar-refractivity contribution in [2.24, 2.45) is 0 Å². The molecule has 0 fully saturated rings. The summed E-state index contributed by atoms with van der Waals surface area (Å²) in [5.41, 5.74) is 14.5. The molecule has 48 heavy (non-hydrogen) atoms. The minimum atomic E-state index is -0.174. The number of fused-ring (bicyclic) bond motifs is 9. The fraction of sp³-hybridized carbons (Fsp3) is 0.0638. The molecule has 0 saturated carbocycles. The summed E-state index contributed by atoms with van der Waals surface area (Å²) in [6, 6.07) is 57.5. The molecule has 1 heterocycles. The van der Waals surface area contributed by atoms with E-state index in [1.54, 1.807) is 0 Å². The Kier molecular flexibility index (Phi) is 5.69. The lowest BCUT2D eigenvalue weighted by Gasteiger charge is -2.25. The molecule has 1 aromatic heterocycles. The van der Waals surface area contributed by atoms with Crippen LogP contribution >= 0.6 is 0 Å². The summed E-state index contributed by atoms with van der Waals surface area (Å²) < 4.78 is 6.64. The van der Waals surface area contributed by atoms with Crippen LogP contribution in [-0.4, -0.2) is 0 Å². The largest absolute Gasteiger partial charge is 0.455 e. The summed E-state index contributed by atoms with van der Waals surface area (Å²) in [4.78, 5) is 0. The van der Waals surface area contributed by atoms with E-state index in [4.69, 9.17) is 4.42 Å². The minimum Gasteiger partial charge on any atom is -0.455 e. The Hall–Kier alpha value is -5.92. The van der Waals surface area contributed by atoms with Crippen molar-refractivity contribution in [1.29, 1.82) is 0 Å². The molecule has 1 nitrogen and oxygen atoms in total. The van der Waals surface area contributed by atoms with Gasteiger partial charge in [0.25, 0.3) is 0 Å². The molecule has 0 atom stereocenters. The van der Waals surface area contributed by atoms with E-state index in [-0.39, 0.29) is 5.41 Å². The van der Waals surface area contributed by atoms with Crippen molar-refractivity contribution in [2.75, 3.05) is 0 Å². The van der Waals surface area contributed by atoms with Crippen LogP contribution in [-0.2, 0) is 5.41 Å². The molecule has 1 aliphatic carbocycles. The summed E-state index contributed by atoms with van der Waals surface area (Å²) in [6.45, 7) is 4.72. The zero-order valence-electron chi connectivity index (χ0n) is 26.9. The second-order valence-electron chi connectivity index (χ2n) is 13.6. The van der Waals surface area contributed by atoms with Crippen LogP contribution in [0, 0.1) is 0 Å². The molecule has 0 N–H and O–H groups in total. The Morgan fingerprint density at radius 2 is 0.896 bits per heavy atom. The SMILES string of the molecule is CC1(C)c2ccccc2-c2c1c(-c1ccc(-c3c4ccccc4c(-c4ccccc4)c4ccccc34)cc1)cc1c2oc2ccccc21. The second kappa shape index (κ2) is 10.0. The third-order valence-corrected chi connectivity index (χ3v) is 10.6. The van der Waals surface area contributed by atoms with Crippen LogP contribution in [0.2, 0.25) is 0 Å². The first kappa shape index (κ1) is 27.2. The van der Waals surface area contributed by atoms with Crippen LogP contribution in [0.5, 0.6) is 0 Å². The summed E-state index contributed by atoms with van der Waals surface area (Å²) >= 11 is 0. The fourth-order valence-electron chi connectivity index (χ4n) is 8.55. The van der Waals surface area contributed by atoms with Crippen LogP contribution in [0.15, 0.2) is 162 Å². The van der Waals surface area contributed by atoms with Gasteiger partial charge in [0.05, 0.1) is 0 Å². The molecular formula is C47H32O. The first-order chi connectivity index (χ1) is 23.6. The van der Waals surface area contributed by atoms with E-state index >= 15 is 0 Å². The summed E-state index contributed by atoms with van der Waals surface area (Å²) in [5, 5.41) is 7.42. The molecule has 0 saturated heterocycles. The lowest BCUT2D eigenvalue weighted by atomic mass is 9.78. The maximum absolute atomic E-state index is 6.64. The van der Waals surface area contributed by atoms with Gasteiger partial charge in [-0.3, -0.25) is 0 Å². The van der Waals surface area contributed by atoms with E-state index in [1.807, 2.05) is 0 Å². The van der Waals surface area contributed by atoms with Gasteiger partial charge in [0, 0.05) is 21.8 Å². The van der Waals surface area contributed by atoms with Crippen molar-refractivity contribution in [3.05, 3.63) is 169 Å². The first-order valence-corrected chi connectivity index (χ1v) is 16.8. The molecule has 0 radical (unpaired) electrons. The average Bonchev–Trinajstić information content (AvgIpc) is 3.63. The Morgan fingerprint density at radius 1 is 0.396 bits per heavy atom. The first-order valence-electron chi connectivity index (χ1n) is 16.8. The predicted molar refractivity (Wildman–Crippen MR) is 203 cm³/mol. The van der Waals surface area contributed by atoms with Crippen LogP contribution in [0.4, 0.5) is 0 Å². The highest BCUT2D eigenvalue weighted by Crippen LogP contribution is 2.56. The number of hydrogen-bond acceptors (Lipinski definition) is 1. The highest BCUT2D eigenvalue weighted by molar-refractivity contribution is 6.21. The molecule has 0 bridgehead atoms. The van der Waals surface area contributed by atoms with Crippen molar-refractivity contribution in [2.45, 2.75) is 19.3 Å². The molecule has 0 aliphatic heterocycles. The Balaban J connectivity index is 1.22. The molecule has 0 unspecified atom stereocenters. The zero-order valence-corrected chi connectivity index (χ0v) is 26.9. The fourth-order valence-corrected chi connectivity index (χ4v) is 8.55. The summed E-state index contributed by atoms with van der Waals surface area (Å²) in [7, 11) is 0. The molecule has 1 aliphatic rings. The highest BCUT2D eigenvalue weighted by atomic mass is 16.3. The summed E-state index contributed by atoms with van der Waals surface area (Å²) in [5.74, 6) is 0. The molecule has 8 aromatic carbocycles. The molecule has 0 spiro atoms. The van der Waals surface area contributed by atoms with Crippen LogP contribution in [0.25, 0.3) is 88.0 Å². The lowest BCUT2D eigenvalue weighted by molar-refractivity contribution is 0.654. The van der Waals surface area contributed by atoms with Gasteiger partial charge >= 0.3 is 0 Å². The van der Waals surface area contributed by atoms with Crippen LogP contribution < -0.4 is 0 Å². The van der Waals surface area contributed by atoms with Crippen molar-refractivity contribution in [3.8, 4) is 44.5 Å². The van der Waals surface area contributed by atoms with Gasteiger partial charge in [-0.05, 0) is 83.7 Å². The quantitative estimate of drug-likeness (QED) is 0.181. The number of hydrogen-bond donors (Lipinski definition) is 0. The molecule has 10 rings (SSSR count). The van der Waals surface area contributed by atoms with E-state index in [1.165, 1.54) is 82.6 Å². The molecule has 226 valence electrons. The van der Waals surface area contributed by atoms with E-state index in [9.17, 15) is 0 Å². The highest BCUT2D eigenvalue weighted by Gasteiger charge is 2.40. The zero-order chi connectivity index (χ0) is 32.0. The van der Waals surface area contributed by atoms with Gasteiger partial charge in [-0.15, -0.1) is 0 Å². The number of para-hydroxylation sites is 1. The lowest BCUT2D eigenvalue weighted by Crippen LogP contribution is -2.16. The van der Waals surface area contributed by atoms with Gasteiger partial charge in [-0.25, -0.2) is 0 Å². The topological polar surface area (TPSA) is 13.1 Å². The molecule has 1 heteroatoms. The van der Waals surface area contributed by atoms with Gasteiger partial charge in [-0.2, -0.15) is 0 Å². The number of furan rings is 1. The van der Waals surface area contributed by atoms with E-state index < -0.39 is 0 Å². The van der Waals surface area contributed by atoms with Crippen LogP contribution in [0.1, 0.15) is 25.0 Å². The standard InChI is InChI=1S/C47H32O/c1-47(2)40-22-12-10-21-37(40)44-45(47)38(28-39-32-16-11-13-23-41(32)48-46(39)44)29-24-26-31(27-25-29)43-35-19-8-6-17-33(35)42(30-14-4-3-5-15-30)34-18-7-9-20-36(34)43/h3-28H,1-2H3. The Labute approximate surface area is 279 Å². The number of benzene rings is 8. The predicted octanol–water partition coefficient (Wildman–Crippen LogP) is 13.2. The molecule has 9 aromatic rings. The Morgan fingerprint density at radius 3 is 1.54 bits per heavy atom. The smallest absolute Gasteiger partial charge is 0.143 e. The van der Waals surface area contributed by atoms with Gasteiger partial charge in [0.2, 0.25) is 0 Å². The third kappa shape index (κ3) is 3.73. The second-order valence-corrected chi connectivity index (χ2v) is 13.6. The van der Waals surface area contributed by atoms with Gasteiger partial charge < -0.3 is 4.42 Å². The van der Waals surface area contributed by atoms with Crippen molar-refractivity contribution < 1.29 is 4.42 Å². The van der Waals surface area contributed by atoms with Crippen molar-refractivity contribution >= 4 is 43.5 Å². The Bertz CT molecular complexity index is 2670. The molecule has 0 amide bonds. The van der Waals surface area contributed by atoms with Gasteiger partial charge in [0.1, 0.15) is 11.2 Å². The van der Waals surface area contributed by atoms with Gasteiger partial charge in [0.15, 0.2) is 0 Å². The average molecular weight is 613 g/mol. The monoisotopic (exact) mass is 612 g/mol. The van der Waals surface area contributed by atoms with Crippen molar-refractivity contribution in [3.63, 3.8) is 0 Å². The summed E-state index contributed by atoms with van der Waals surface area (Å²) in [6.07, 6.45) is 0. The van der Waals surface area contributed by atoms with E-state index in [2.05, 4.69) is 172 Å². The van der Waals surface area contributed by atoms with Crippen molar-refractivity contribution in [1.82, 2.24) is 0 Å². The van der Waals surface area contributed by atoms with Crippen LogP contribution in [0.3, 0.4) is 0 Å². The molecular weight excluding hydrogens is 581 g/mol. The number of rotatable bonds is 3. The maximum Gasteiger partial charge on any atom is 0.143 e. The maximum atomic E-state index is 6.64. The minimum absolute atomic E-state index is 0.174. The van der Waals surface area contributed by atoms with E-state index in [0.717, 1.165) is 16.6 Å².